The summed E-state index contributed by atoms with van der Waals surface area (Å²) in [5.74, 6) is -0.159. The number of hydrogen-bond acceptors (Lipinski definition) is 5. The Labute approximate surface area is 162 Å². The van der Waals surface area contributed by atoms with Crippen LogP contribution in [0, 0.1) is 0 Å². The van der Waals surface area contributed by atoms with E-state index in [1.165, 1.54) is 19.2 Å². The molecule has 0 bridgehead atoms. The van der Waals surface area contributed by atoms with E-state index in [0.717, 1.165) is 38.9 Å². The number of amides is 1. The molecule has 1 amide bonds. The maximum atomic E-state index is 12.4. The van der Waals surface area contributed by atoms with Crippen LogP contribution in [0.2, 0.25) is 0 Å². The van der Waals surface area contributed by atoms with Crippen LogP contribution in [0.15, 0.2) is 29.2 Å². The largest absolute Gasteiger partial charge is 0.383 e. The lowest BCUT2D eigenvalue weighted by Gasteiger charge is -2.32. The Morgan fingerprint density at radius 1 is 1.26 bits per heavy atom. The molecule has 0 aromatic heterocycles. The molecule has 1 fully saturated rings. The molecule has 0 unspecified atom stereocenters. The van der Waals surface area contributed by atoms with Crippen molar-refractivity contribution in [2.24, 2.45) is 0 Å². The summed E-state index contributed by atoms with van der Waals surface area (Å²) in [6.45, 7) is 7.30. The lowest BCUT2D eigenvalue weighted by Crippen LogP contribution is -2.44. The van der Waals surface area contributed by atoms with Crippen molar-refractivity contribution in [2.75, 3.05) is 33.4 Å². The first-order valence-corrected chi connectivity index (χ1v) is 11.0. The van der Waals surface area contributed by atoms with Crippen LogP contribution in [-0.2, 0) is 14.8 Å². The molecule has 1 aliphatic rings. The summed E-state index contributed by atoms with van der Waals surface area (Å²) in [5.41, 5.74) is 0.467. The van der Waals surface area contributed by atoms with E-state index in [9.17, 15) is 13.2 Å². The van der Waals surface area contributed by atoms with Crippen molar-refractivity contribution < 1.29 is 17.9 Å². The number of benzene rings is 1. The summed E-state index contributed by atoms with van der Waals surface area (Å²) in [6, 6.07) is 5.86. The number of rotatable bonds is 9. The number of nitrogens with zero attached hydrogens (tertiary/aromatic N) is 1. The predicted molar refractivity (Wildman–Crippen MR) is 105 cm³/mol. The second kappa shape index (κ2) is 10.2. The summed E-state index contributed by atoms with van der Waals surface area (Å²) < 4.78 is 32.1. The van der Waals surface area contributed by atoms with Crippen molar-refractivity contribution >= 4 is 15.9 Å². The molecule has 1 heterocycles. The molecule has 1 saturated heterocycles. The fourth-order valence-electron chi connectivity index (χ4n) is 3.29. The van der Waals surface area contributed by atoms with Crippen molar-refractivity contribution in [2.45, 2.75) is 50.1 Å². The van der Waals surface area contributed by atoms with Crippen molar-refractivity contribution in [3.05, 3.63) is 29.8 Å². The van der Waals surface area contributed by atoms with E-state index in [-0.39, 0.29) is 29.5 Å². The Hall–Kier alpha value is -1.48. The maximum absolute atomic E-state index is 12.4. The zero-order valence-electron chi connectivity index (χ0n) is 16.4. The van der Waals surface area contributed by atoms with E-state index < -0.39 is 10.0 Å². The minimum atomic E-state index is -3.63. The first-order chi connectivity index (χ1) is 12.9. The molecule has 8 heteroatoms. The molecule has 1 aliphatic heterocycles. The molecule has 2 rings (SSSR count). The summed E-state index contributed by atoms with van der Waals surface area (Å²) in [6.07, 6.45) is 3.03. The van der Waals surface area contributed by atoms with Gasteiger partial charge in [-0.05, 0) is 57.0 Å². The number of piperidine rings is 1. The van der Waals surface area contributed by atoms with Crippen molar-refractivity contribution in [1.82, 2.24) is 14.9 Å². The SMILES string of the molecule is CCCN1CCC(NC(=O)c2ccc(S(=O)(=O)N[C@@H](C)COC)cc2)CC1. The average Bonchev–Trinajstić information content (AvgIpc) is 2.63. The van der Waals surface area contributed by atoms with E-state index in [4.69, 9.17) is 4.74 Å². The van der Waals surface area contributed by atoms with Crippen LogP contribution in [0.25, 0.3) is 0 Å². The van der Waals surface area contributed by atoms with Crippen LogP contribution in [-0.4, -0.2) is 64.7 Å². The normalized spacial score (nSPS) is 17.6. The van der Waals surface area contributed by atoms with Gasteiger partial charge in [0.25, 0.3) is 5.91 Å². The smallest absolute Gasteiger partial charge is 0.251 e. The van der Waals surface area contributed by atoms with Gasteiger partial charge >= 0.3 is 0 Å². The fraction of sp³-hybridized carbons (Fsp3) is 0.632. The van der Waals surface area contributed by atoms with E-state index in [0.29, 0.717) is 5.56 Å². The topological polar surface area (TPSA) is 87.7 Å². The first kappa shape index (κ1) is 21.8. The van der Waals surface area contributed by atoms with Gasteiger partial charge in [-0.1, -0.05) is 6.92 Å². The number of nitrogens with one attached hydrogen (secondary N) is 2. The highest BCUT2D eigenvalue weighted by Crippen LogP contribution is 2.14. The van der Waals surface area contributed by atoms with Gasteiger partial charge < -0.3 is 15.0 Å². The van der Waals surface area contributed by atoms with Crippen LogP contribution in [0.1, 0.15) is 43.5 Å². The molecule has 1 aromatic rings. The van der Waals surface area contributed by atoms with Gasteiger partial charge in [-0.2, -0.15) is 0 Å². The van der Waals surface area contributed by atoms with Crippen LogP contribution >= 0.6 is 0 Å². The van der Waals surface area contributed by atoms with E-state index in [2.05, 4.69) is 21.9 Å². The van der Waals surface area contributed by atoms with Gasteiger partial charge in [-0.25, -0.2) is 13.1 Å². The maximum Gasteiger partial charge on any atom is 0.251 e. The molecule has 27 heavy (non-hydrogen) atoms. The van der Waals surface area contributed by atoms with Gasteiger partial charge in [0.15, 0.2) is 0 Å². The number of ether oxygens (including phenoxy) is 1. The number of likely N-dealkylation sites (tertiary alicyclic amines) is 1. The van der Waals surface area contributed by atoms with Gasteiger partial charge in [0, 0.05) is 37.8 Å². The Morgan fingerprint density at radius 3 is 2.44 bits per heavy atom. The van der Waals surface area contributed by atoms with Crippen molar-refractivity contribution in [3.8, 4) is 0 Å². The molecule has 7 nitrogen and oxygen atoms in total. The van der Waals surface area contributed by atoms with Gasteiger partial charge in [-0.3, -0.25) is 4.79 Å². The molecule has 0 spiro atoms. The number of hydrogen-bond donors (Lipinski definition) is 2. The average molecular weight is 398 g/mol. The zero-order valence-corrected chi connectivity index (χ0v) is 17.2. The third kappa shape index (κ3) is 6.57. The number of carbonyl (C=O) groups is 1. The third-order valence-electron chi connectivity index (χ3n) is 4.66. The lowest BCUT2D eigenvalue weighted by molar-refractivity contribution is 0.0911. The lowest BCUT2D eigenvalue weighted by atomic mass is 10.0. The summed E-state index contributed by atoms with van der Waals surface area (Å²) >= 11 is 0. The summed E-state index contributed by atoms with van der Waals surface area (Å²) in [7, 11) is -2.11. The van der Waals surface area contributed by atoms with Gasteiger partial charge in [0.05, 0.1) is 11.5 Å². The predicted octanol–water partition coefficient (Wildman–Crippen LogP) is 1.60. The quantitative estimate of drug-likeness (QED) is 0.661. The molecule has 0 radical (unpaired) electrons. The Morgan fingerprint density at radius 2 is 1.89 bits per heavy atom. The molecular weight excluding hydrogens is 366 g/mol. The van der Waals surface area contributed by atoms with E-state index in [1.807, 2.05) is 0 Å². The van der Waals surface area contributed by atoms with Crippen molar-refractivity contribution in [1.29, 1.82) is 0 Å². The Kier molecular flexibility index (Phi) is 8.22. The standard InChI is InChI=1S/C19H31N3O4S/c1-4-11-22-12-9-17(10-13-22)20-19(23)16-5-7-18(8-6-16)27(24,25)21-15(2)14-26-3/h5-8,15,17,21H,4,9-14H2,1-3H3,(H,20,23)/t15-/m0/s1. The first-order valence-electron chi connectivity index (χ1n) is 9.50. The van der Waals surface area contributed by atoms with Crippen molar-refractivity contribution in [3.63, 3.8) is 0 Å². The van der Waals surface area contributed by atoms with Gasteiger partial charge in [0.2, 0.25) is 10.0 Å². The highest BCUT2D eigenvalue weighted by Gasteiger charge is 2.21. The summed E-state index contributed by atoms with van der Waals surface area (Å²) in [5, 5.41) is 3.06. The molecular formula is C19H31N3O4S. The highest BCUT2D eigenvalue weighted by molar-refractivity contribution is 7.89. The summed E-state index contributed by atoms with van der Waals surface area (Å²) in [4.78, 5) is 15.0. The number of methoxy groups -OCH3 is 1. The van der Waals surface area contributed by atoms with E-state index in [1.54, 1.807) is 19.1 Å². The number of carbonyl (C=O) groups excluding carboxylic acids is 1. The fourth-order valence-corrected chi connectivity index (χ4v) is 4.52. The Balaban J connectivity index is 1.92. The number of sulfonamides is 1. The second-order valence-corrected chi connectivity index (χ2v) is 8.81. The van der Waals surface area contributed by atoms with Gasteiger partial charge in [-0.15, -0.1) is 0 Å². The zero-order chi connectivity index (χ0) is 19.9. The molecule has 2 N–H and O–H groups in total. The molecule has 0 aliphatic carbocycles. The molecule has 1 atom stereocenters. The van der Waals surface area contributed by atoms with E-state index >= 15 is 0 Å². The molecule has 152 valence electrons. The minimum absolute atomic E-state index is 0.134. The molecule has 0 saturated carbocycles. The Bertz CT molecular complexity index is 698. The van der Waals surface area contributed by atoms with Crippen LogP contribution < -0.4 is 10.0 Å². The van der Waals surface area contributed by atoms with Crippen LogP contribution in [0.5, 0.6) is 0 Å². The monoisotopic (exact) mass is 397 g/mol. The second-order valence-electron chi connectivity index (χ2n) is 7.09. The van der Waals surface area contributed by atoms with Crippen LogP contribution in [0.4, 0.5) is 0 Å². The highest BCUT2D eigenvalue weighted by atomic mass is 32.2. The van der Waals surface area contributed by atoms with Crippen LogP contribution in [0.3, 0.4) is 0 Å². The minimum Gasteiger partial charge on any atom is -0.383 e. The third-order valence-corrected chi connectivity index (χ3v) is 6.27. The molecule has 1 aromatic carbocycles. The van der Waals surface area contributed by atoms with Gasteiger partial charge in [0.1, 0.15) is 0 Å².